The minimum absolute atomic E-state index is 0.0364. The Kier molecular flexibility index (Phi) is 6.70. The van der Waals surface area contributed by atoms with E-state index in [-0.39, 0.29) is 5.91 Å². The second kappa shape index (κ2) is 10.2. The highest BCUT2D eigenvalue weighted by Crippen LogP contribution is 2.20. The first-order valence-electron chi connectivity index (χ1n) is 11.8. The van der Waals surface area contributed by atoms with E-state index in [4.69, 9.17) is 4.74 Å². The fourth-order valence-electron chi connectivity index (χ4n) is 4.64. The van der Waals surface area contributed by atoms with Crippen LogP contribution in [0.5, 0.6) is 0 Å². The molecule has 5 rings (SSSR count). The quantitative estimate of drug-likeness (QED) is 0.628. The van der Waals surface area contributed by atoms with E-state index in [9.17, 15) is 4.79 Å². The molecule has 0 radical (unpaired) electrons. The number of ether oxygens (including phenoxy) is 1. The van der Waals surface area contributed by atoms with Crippen molar-refractivity contribution in [2.75, 3.05) is 37.7 Å². The number of carbonyl (C=O) groups is 1. The van der Waals surface area contributed by atoms with Gasteiger partial charge in [0, 0.05) is 50.5 Å². The lowest BCUT2D eigenvalue weighted by molar-refractivity contribution is 0.0951. The van der Waals surface area contributed by atoms with E-state index < -0.39 is 0 Å². The van der Waals surface area contributed by atoms with Gasteiger partial charge in [-0.15, -0.1) is 0 Å². The van der Waals surface area contributed by atoms with E-state index in [0.29, 0.717) is 12.1 Å². The predicted molar refractivity (Wildman–Crippen MR) is 131 cm³/mol. The number of anilines is 1. The first kappa shape index (κ1) is 21.7. The lowest BCUT2D eigenvalue weighted by Gasteiger charge is -2.29. The third-order valence-electron chi connectivity index (χ3n) is 6.60. The summed E-state index contributed by atoms with van der Waals surface area (Å²) < 4.78 is 5.42. The second-order valence-electron chi connectivity index (χ2n) is 8.87. The van der Waals surface area contributed by atoms with Crippen molar-refractivity contribution in [3.63, 3.8) is 0 Å². The Hall–Kier alpha value is -3.15. The lowest BCUT2D eigenvalue weighted by Crippen LogP contribution is -2.36. The van der Waals surface area contributed by atoms with Crippen LogP contribution >= 0.6 is 0 Å². The third-order valence-corrected chi connectivity index (χ3v) is 6.60. The molecule has 1 amide bonds. The van der Waals surface area contributed by atoms with Gasteiger partial charge in [-0.2, -0.15) is 0 Å². The number of nitrogens with one attached hydrogen (secondary N) is 1. The summed E-state index contributed by atoms with van der Waals surface area (Å²) in [6, 6.07) is 25.2. The maximum absolute atomic E-state index is 12.6. The molecule has 0 aliphatic carbocycles. The first-order valence-corrected chi connectivity index (χ1v) is 11.8. The maximum atomic E-state index is 12.6. The van der Waals surface area contributed by atoms with Crippen molar-refractivity contribution in [2.24, 2.45) is 0 Å². The van der Waals surface area contributed by atoms with Gasteiger partial charge in [0.2, 0.25) is 0 Å². The Morgan fingerprint density at radius 1 is 0.818 bits per heavy atom. The number of fused-ring (bicyclic) bond motifs is 1. The Bertz CT molecular complexity index is 1070. The molecule has 0 spiro atoms. The van der Waals surface area contributed by atoms with E-state index in [1.165, 1.54) is 22.4 Å². The molecule has 0 aromatic heterocycles. The van der Waals surface area contributed by atoms with Crippen molar-refractivity contribution in [2.45, 2.75) is 26.1 Å². The smallest absolute Gasteiger partial charge is 0.251 e. The number of amides is 1. The van der Waals surface area contributed by atoms with Crippen LogP contribution in [0.1, 0.15) is 32.6 Å². The zero-order valence-electron chi connectivity index (χ0n) is 19.0. The van der Waals surface area contributed by atoms with Crippen molar-refractivity contribution < 1.29 is 9.53 Å². The molecule has 5 heteroatoms. The minimum Gasteiger partial charge on any atom is -0.378 e. The van der Waals surface area contributed by atoms with Crippen LogP contribution in [0.3, 0.4) is 0 Å². The lowest BCUT2D eigenvalue weighted by atomic mass is 9.99. The van der Waals surface area contributed by atoms with Gasteiger partial charge in [-0.05, 0) is 52.9 Å². The largest absolute Gasteiger partial charge is 0.378 e. The van der Waals surface area contributed by atoms with E-state index >= 15 is 0 Å². The molecule has 170 valence electrons. The van der Waals surface area contributed by atoms with Gasteiger partial charge < -0.3 is 15.0 Å². The SMILES string of the molecule is O=C(NCc1ccc(N2CCOCC2)cc1)c1ccc(CN2CCc3ccccc3C2)cc1. The molecule has 2 heterocycles. The van der Waals surface area contributed by atoms with Crippen molar-refractivity contribution in [1.29, 1.82) is 0 Å². The molecule has 1 saturated heterocycles. The number of morpholine rings is 1. The predicted octanol–water partition coefficient (Wildman–Crippen LogP) is 4.01. The monoisotopic (exact) mass is 441 g/mol. The number of hydrogen-bond donors (Lipinski definition) is 1. The Morgan fingerprint density at radius 2 is 1.52 bits per heavy atom. The highest BCUT2D eigenvalue weighted by molar-refractivity contribution is 5.94. The molecule has 5 nitrogen and oxygen atoms in total. The number of benzene rings is 3. The summed E-state index contributed by atoms with van der Waals surface area (Å²) in [6.07, 6.45) is 1.10. The van der Waals surface area contributed by atoms with Gasteiger partial charge in [-0.25, -0.2) is 0 Å². The van der Waals surface area contributed by atoms with Crippen LogP contribution in [-0.2, 0) is 30.8 Å². The minimum atomic E-state index is -0.0364. The molecule has 0 atom stereocenters. The summed E-state index contributed by atoms with van der Waals surface area (Å²) >= 11 is 0. The summed E-state index contributed by atoms with van der Waals surface area (Å²) in [4.78, 5) is 17.4. The van der Waals surface area contributed by atoms with Crippen LogP contribution in [0.15, 0.2) is 72.8 Å². The van der Waals surface area contributed by atoms with Crippen LogP contribution in [0.2, 0.25) is 0 Å². The fraction of sp³-hybridized carbons (Fsp3) is 0.321. The molecule has 2 aliphatic heterocycles. The van der Waals surface area contributed by atoms with Gasteiger partial charge in [0.05, 0.1) is 13.2 Å². The standard InChI is InChI=1S/C28H31N3O2/c32-28(29-19-22-7-11-27(12-8-22)31-15-17-33-18-16-31)25-9-5-23(6-10-25)20-30-14-13-24-3-1-2-4-26(24)21-30/h1-12H,13-21H2,(H,29,32). The van der Waals surface area contributed by atoms with E-state index in [0.717, 1.165) is 57.9 Å². The second-order valence-corrected chi connectivity index (χ2v) is 8.87. The van der Waals surface area contributed by atoms with Gasteiger partial charge >= 0.3 is 0 Å². The number of nitrogens with zero attached hydrogens (tertiary/aromatic N) is 2. The van der Waals surface area contributed by atoms with Crippen molar-refractivity contribution in [1.82, 2.24) is 10.2 Å². The topological polar surface area (TPSA) is 44.8 Å². The number of hydrogen-bond acceptors (Lipinski definition) is 4. The molecule has 3 aromatic carbocycles. The van der Waals surface area contributed by atoms with Crippen molar-refractivity contribution >= 4 is 11.6 Å². The van der Waals surface area contributed by atoms with Crippen molar-refractivity contribution in [3.05, 3.63) is 101 Å². The van der Waals surface area contributed by atoms with Gasteiger partial charge in [-0.1, -0.05) is 48.5 Å². The Labute approximate surface area is 196 Å². The number of rotatable bonds is 6. The van der Waals surface area contributed by atoms with Crippen LogP contribution in [0.25, 0.3) is 0 Å². The maximum Gasteiger partial charge on any atom is 0.251 e. The number of carbonyl (C=O) groups excluding carboxylic acids is 1. The van der Waals surface area contributed by atoms with Gasteiger partial charge in [-0.3, -0.25) is 9.69 Å². The van der Waals surface area contributed by atoms with Gasteiger partial charge in [0.15, 0.2) is 0 Å². The zero-order valence-corrected chi connectivity index (χ0v) is 19.0. The molecule has 2 aliphatic rings. The average Bonchev–Trinajstić information content (AvgIpc) is 2.88. The molecule has 0 bridgehead atoms. The van der Waals surface area contributed by atoms with Crippen LogP contribution < -0.4 is 10.2 Å². The van der Waals surface area contributed by atoms with Crippen LogP contribution in [-0.4, -0.2) is 43.7 Å². The molecule has 3 aromatic rings. The van der Waals surface area contributed by atoms with Gasteiger partial charge in [0.1, 0.15) is 0 Å². The molecular weight excluding hydrogens is 410 g/mol. The summed E-state index contributed by atoms with van der Waals surface area (Å²) in [6.45, 7) is 6.91. The third kappa shape index (κ3) is 5.44. The average molecular weight is 442 g/mol. The van der Waals surface area contributed by atoms with Crippen LogP contribution in [0, 0.1) is 0 Å². The summed E-state index contributed by atoms with van der Waals surface area (Å²) in [5.74, 6) is -0.0364. The highest BCUT2D eigenvalue weighted by atomic mass is 16.5. The van der Waals surface area contributed by atoms with Crippen molar-refractivity contribution in [3.8, 4) is 0 Å². The van der Waals surface area contributed by atoms with Gasteiger partial charge in [0.25, 0.3) is 5.91 Å². The van der Waals surface area contributed by atoms with E-state index in [1.54, 1.807) is 0 Å². The molecule has 1 N–H and O–H groups in total. The van der Waals surface area contributed by atoms with E-state index in [1.807, 2.05) is 12.1 Å². The normalized spacial score (nSPS) is 16.3. The Balaban J connectivity index is 1.12. The fourth-order valence-corrected chi connectivity index (χ4v) is 4.64. The summed E-state index contributed by atoms with van der Waals surface area (Å²) in [7, 11) is 0. The Morgan fingerprint density at radius 3 is 2.27 bits per heavy atom. The molecule has 0 saturated carbocycles. The molecular formula is C28H31N3O2. The molecule has 1 fully saturated rings. The van der Waals surface area contributed by atoms with Crippen LogP contribution in [0.4, 0.5) is 5.69 Å². The summed E-state index contributed by atoms with van der Waals surface area (Å²) in [5.41, 5.74) is 7.15. The summed E-state index contributed by atoms with van der Waals surface area (Å²) in [5, 5.41) is 3.04. The zero-order chi connectivity index (χ0) is 22.5. The van der Waals surface area contributed by atoms with E-state index in [2.05, 4.69) is 75.8 Å². The molecule has 33 heavy (non-hydrogen) atoms. The highest BCUT2D eigenvalue weighted by Gasteiger charge is 2.16. The molecule has 0 unspecified atom stereocenters. The first-order chi connectivity index (χ1) is 16.2.